The van der Waals surface area contributed by atoms with Gasteiger partial charge in [-0.1, -0.05) is 61.0 Å². The van der Waals surface area contributed by atoms with Gasteiger partial charge in [-0.2, -0.15) is 0 Å². The number of carbonyl (C=O) groups is 2. The van der Waals surface area contributed by atoms with Crippen molar-refractivity contribution in [2.75, 3.05) is 6.54 Å². The summed E-state index contributed by atoms with van der Waals surface area (Å²) >= 11 is 5.94. The molecule has 0 aliphatic carbocycles. The predicted molar refractivity (Wildman–Crippen MR) is 105 cm³/mol. The monoisotopic (exact) mass is 372 g/mol. The van der Waals surface area contributed by atoms with E-state index in [1.807, 2.05) is 49.4 Å². The predicted octanol–water partition coefficient (Wildman–Crippen LogP) is 3.83. The maximum Gasteiger partial charge on any atom is 0.243 e. The van der Waals surface area contributed by atoms with E-state index in [9.17, 15) is 9.59 Å². The van der Waals surface area contributed by atoms with Crippen molar-refractivity contribution < 1.29 is 9.59 Å². The van der Waals surface area contributed by atoms with Crippen molar-refractivity contribution in [1.82, 2.24) is 10.2 Å². The fraction of sp³-hybridized carbons (Fsp3) is 0.333. The molecule has 0 bridgehead atoms. The van der Waals surface area contributed by atoms with E-state index in [0.717, 1.165) is 17.5 Å². The molecular formula is C21H25ClN2O2. The Morgan fingerprint density at radius 2 is 1.69 bits per heavy atom. The lowest BCUT2D eigenvalue weighted by molar-refractivity contribution is -0.139. The average Bonchev–Trinajstić information content (AvgIpc) is 2.64. The quantitative estimate of drug-likeness (QED) is 0.765. The van der Waals surface area contributed by atoms with Gasteiger partial charge in [0.1, 0.15) is 6.04 Å². The summed E-state index contributed by atoms with van der Waals surface area (Å²) in [5.74, 6) is -0.257. The SMILES string of the molecule is CCCNC(=O)C(Cc1ccccc1)N(Cc1ccc(Cl)cc1)C(C)=O. The zero-order chi connectivity index (χ0) is 18.9. The molecule has 1 atom stereocenters. The molecule has 0 aromatic heterocycles. The van der Waals surface area contributed by atoms with Crippen LogP contribution in [0.3, 0.4) is 0 Å². The third kappa shape index (κ3) is 5.88. The number of amides is 2. The minimum absolute atomic E-state index is 0.125. The second-order valence-electron chi connectivity index (χ2n) is 6.27. The van der Waals surface area contributed by atoms with Gasteiger partial charge >= 0.3 is 0 Å². The van der Waals surface area contributed by atoms with Crippen molar-refractivity contribution >= 4 is 23.4 Å². The van der Waals surface area contributed by atoms with E-state index in [-0.39, 0.29) is 11.8 Å². The molecule has 2 aromatic carbocycles. The van der Waals surface area contributed by atoms with Crippen molar-refractivity contribution in [2.24, 2.45) is 0 Å². The van der Waals surface area contributed by atoms with Crippen LogP contribution in [0.25, 0.3) is 0 Å². The summed E-state index contributed by atoms with van der Waals surface area (Å²) in [6, 6.07) is 16.5. The van der Waals surface area contributed by atoms with E-state index >= 15 is 0 Å². The molecule has 4 nitrogen and oxygen atoms in total. The van der Waals surface area contributed by atoms with E-state index < -0.39 is 6.04 Å². The molecule has 2 amide bonds. The Morgan fingerprint density at radius 3 is 2.27 bits per heavy atom. The van der Waals surface area contributed by atoms with E-state index in [2.05, 4.69) is 5.32 Å². The summed E-state index contributed by atoms with van der Waals surface area (Å²) < 4.78 is 0. The molecule has 26 heavy (non-hydrogen) atoms. The van der Waals surface area contributed by atoms with E-state index in [1.165, 1.54) is 6.92 Å². The Kier molecular flexibility index (Phi) is 7.67. The van der Waals surface area contributed by atoms with Crippen LogP contribution in [-0.4, -0.2) is 29.3 Å². The van der Waals surface area contributed by atoms with Gasteiger partial charge in [-0.25, -0.2) is 0 Å². The second kappa shape index (κ2) is 9.97. The van der Waals surface area contributed by atoms with Gasteiger partial charge < -0.3 is 10.2 Å². The van der Waals surface area contributed by atoms with Gasteiger partial charge in [0.15, 0.2) is 0 Å². The normalized spacial score (nSPS) is 11.7. The molecule has 0 saturated carbocycles. The Balaban J connectivity index is 2.26. The third-order valence-corrected chi connectivity index (χ3v) is 4.42. The maximum absolute atomic E-state index is 12.8. The van der Waals surface area contributed by atoms with Gasteiger partial charge in [0.2, 0.25) is 11.8 Å². The molecular weight excluding hydrogens is 348 g/mol. The summed E-state index contributed by atoms with van der Waals surface area (Å²) in [5.41, 5.74) is 1.96. The molecule has 0 heterocycles. The number of benzene rings is 2. The summed E-state index contributed by atoms with van der Waals surface area (Å²) in [6.45, 7) is 4.46. The fourth-order valence-electron chi connectivity index (χ4n) is 2.78. The summed E-state index contributed by atoms with van der Waals surface area (Å²) in [5, 5.41) is 3.57. The van der Waals surface area contributed by atoms with Crippen molar-refractivity contribution in [1.29, 1.82) is 0 Å². The van der Waals surface area contributed by atoms with Crippen LogP contribution >= 0.6 is 11.6 Å². The molecule has 1 N–H and O–H groups in total. The number of nitrogens with zero attached hydrogens (tertiary/aromatic N) is 1. The Bertz CT molecular complexity index is 717. The van der Waals surface area contributed by atoms with Crippen LogP contribution in [0, 0.1) is 0 Å². The summed E-state index contributed by atoms with van der Waals surface area (Å²) in [4.78, 5) is 26.7. The Labute approximate surface area is 160 Å². The first kappa shape index (κ1) is 20.0. The van der Waals surface area contributed by atoms with Gasteiger partial charge in [0.25, 0.3) is 0 Å². The van der Waals surface area contributed by atoms with E-state index in [1.54, 1.807) is 17.0 Å². The van der Waals surface area contributed by atoms with Crippen LogP contribution in [0.5, 0.6) is 0 Å². The largest absolute Gasteiger partial charge is 0.354 e. The smallest absolute Gasteiger partial charge is 0.243 e. The topological polar surface area (TPSA) is 49.4 Å². The van der Waals surface area contributed by atoms with E-state index in [0.29, 0.717) is 24.5 Å². The van der Waals surface area contributed by atoms with Crippen LogP contribution in [-0.2, 0) is 22.6 Å². The number of nitrogens with one attached hydrogen (secondary N) is 1. The number of carbonyl (C=O) groups excluding carboxylic acids is 2. The molecule has 1 unspecified atom stereocenters. The molecule has 2 rings (SSSR count). The molecule has 0 saturated heterocycles. The molecule has 0 fully saturated rings. The highest BCUT2D eigenvalue weighted by Crippen LogP contribution is 2.16. The number of halogens is 1. The lowest BCUT2D eigenvalue weighted by atomic mass is 10.0. The Hall–Kier alpha value is -2.33. The molecule has 0 spiro atoms. The van der Waals surface area contributed by atoms with Crippen molar-refractivity contribution in [3.8, 4) is 0 Å². The standard InChI is InChI=1S/C21H25ClN2O2/c1-3-13-23-21(26)20(14-17-7-5-4-6-8-17)24(16(2)25)15-18-9-11-19(22)12-10-18/h4-12,20H,3,13-15H2,1-2H3,(H,23,26). The van der Waals surface area contributed by atoms with Crippen LogP contribution in [0.15, 0.2) is 54.6 Å². The van der Waals surface area contributed by atoms with Crippen molar-refractivity contribution in [3.05, 3.63) is 70.7 Å². The third-order valence-electron chi connectivity index (χ3n) is 4.17. The highest BCUT2D eigenvalue weighted by molar-refractivity contribution is 6.30. The highest BCUT2D eigenvalue weighted by Gasteiger charge is 2.28. The first-order valence-corrected chi connectivity index (χ1v) is 9.22. The first-order chi connectivity index (χ1) is 12.5. The van der Waals surface area contributed by atoms with Gasteiger partial charge in [0.05, 0.1) is 0 Å². The maximum atomic E-state index is 12.8. The summed E-state index contributed by atoms with van der Waals surface area (Å²) in [7, 11) is 0. The second-order valence-corrected chi connectivity index (χ2v) is 6.71. The highest BCUT2D eigenvalue weighted by atomic mass is 35.5. The number of hydrogen-bond acceptors (Lipinski definition) is 2. The van der Waals surface area contributed by atoms with Gasteiger partial charge in [0, 0.05) is 31.5 Å². The Morgan fingerprint density at radius 1 is 1.04 bits per heavy atom. The van der Waals surface area contributed by atoms with Crippen molar-refractivity contribution in [3.63, 3.8) is 0 Å². The van der Waals surface area contributed by atoms with Gasteiger partial charge in [-0.15, -0.1) is 0 Å². The minimum atomic E-state index is -0.558. The first-order valence-electron chi connectivity index (χ1n) is 8.84. The summed E-state index contributed by atoms with van der Waals surface area (Å²) in [6.07, 6.45) is 1.32. The number of rotatable bonds is 8. The minimum Gasteiger partial charge on any atom is -0.354 e. The number of hydrogen-bond donors (Lipinski definition) is 1. The lowest BCUT2D eigenvalue weighted by Gasteiger charge is -2.30. The zero-order valence-electron chi connectivity index (χ0n) is 15.2. The van der Waals surface area contributed by atoms with E-state index in [4.69, 9.17) is 11.6 Å². The van der Waals surface area contributed by atoms with Crippen LogP contribution < -0.4 is 5.32 Å². The molecule has 138 valence electrons. The van der Waals surface area contributed by atoms with Crippen molar-refractivity contribution in [2.45, 2.75) is 39.3 Å². The van der Waals surface area contributed by atoms with Crippen LogP contribution in [0.1, 0.15) is 31.4 Å². The molecule has 0 aliphatic rings. The van der Waals surface area contributed by atoms with Gasteiger partial charge in [-0.05, 0) is 29.7 Å². The zero-order valence-corrected chi connectivity index (χ0v) is 16.0. The van der Waals surface area contributed by atoms with Crippen LogP contribution in [0.4, 0.5) is 0 Å². The van der Waals surface area contributed by atoms with Gasteiger partial charge in [-0.3, -0.25) is 9.59 Å². The lowest BCUT2D eigenvalue weighted by Crippen LogP contribution is -2.50. The molecule has 2 aromatic rings. The molecule has 0 radical (unpaired) electrons. The van der Waals surface area contributed by atoms with Crippen LogP contribution in [0.2, 0.25) is 5.02 Å². The molecule has 0 aliphatic heterocycles. The fourth-order valence-corrected chi connectivity index (χ4v) is 2.90. The average molecular weight is 373 g/mol. The molecule has 5 heteroatoms.